The molecule has 4 nitrogen and oxygen atoms in total. The van der Waals surface area contributed by atoms with Crippen molar-refractivity contribution in [3.63, 3.8) is 0 Å². The van der Waals surface area contributed by atoms with Gasteiger partial charge in [-0.05, 0) is 51.1 Å². The SMILES string of the molecule is CCOc1ccc(C(=O)CSc2nc(C)cc(C)n2)cc1. The lowest BCUT2D eigenvalue weighted by Crippen LogP contribution is -2.04. The first kappa shape index (κ1) is 15.5. The molecule has 1 heterocycles. The molecule has 110 valence electrons. The van der Waals surface area contributed by atoms with E-state index in [0.717, 1.165) is 17.1 Å². The Morgan fingerprint density at radius 1 is 1.14 bits per heavy atom. The average molecular weight is 302 g/mol. The zero-order chi connectivity index (χ0) is 15.2. The third-order valence-corrected chi connectivity index (χ3v) is 3.63. The van der Waals surface area contributed by atoms with Gasteiger partial charge in [0.1, 0.15) is 5.75 Å². The van der Waals surface area contributed by atoms with Crippen molar-refractivity contribution < 1.29 is 9.53 Å². The summed E-state index contributed by atoms with van der Waals surface area (Å²) in [6, 6.07) is 9.12. The van der Waals surface area contributed by atoms with Crippen molar-refractivity contribution in [3.05, 3.63) is 47.3 Å². The Labute approximate surface area is 129 Å². The zero-order valence-corrected chi connectivity index (χ0v) is 13.2. The van der Waals surface area contributed by atoms with E-state index in [0.29, 0.717) is 23.1 Å². The van der Waals surface area contributed by atoms with Crippen molar-refractivity contribution in [2.75, 3.05) is 12.4 Å². The number of carbonyl (C=O) groups excluding carboxylic acids is 1. The van der Waals surface area contributed by atoms with Gasteiger partial charge in [0, 0.05) is 17.0 Å². The minimum Gasteiger partial charge on any atom is -0.494 e. The van der Waals surface area contributed by atoms with Gasteiger partial charge in [-0.1, -0.05) is 11.8 Å². The molecule has 0 N–H and O–H groups in total. The topological polar surface area (TPSA) is 52.1 Å². The van der Waals surface area contributed by atoms with Crippen molar-refractivity contribution in [1.82, 2.24) is 9.97 Å². The quantitative estimate of drug-likeness (QED) is 0.464. The summed E-state index contributed by atoms with van der Waals surface area (Å²) in [5, 5.41) is 0.645. The molecular formula is C16H18N2O2S. The fraction of sp³-hybridized carbons (Fsp3) is 0.312. The first-order valence-corrected chi connectivity index (χ1v) is 7.78. The summed E-state index contributed by atoms with van der Waals surface area (Å²) in [6.45, 7) is 6.40. The van der Waals surface area contributed by atoms with Gasteiger partial charge in [0.25, 0.3) is 0 Å². The van der Waals surface area contributed by atoms with E-state index in [1.54, 1.807) is 12.1 Å². The predicted octanol–water partition coefficient (Wildman–Crippen LogP) is 3.47. The van der Waals surface area contributed by atoms with Gasteiger partial charge in [0.15, 0.2) is 10.9 Å². The Morgan fingerprint density at radius 3 is 2.33 bits per heavy atom. The van der Waals surface area contributed by atoms with Crippen molar-refractivity contribution >= 4 is 17.5 Å². The van der Waals surface area contributed by atoms with Gasteiger partial charge in [-0.15, -0.1) is 0 Å². The van der Waals surface area contributed by atoms with Gasteiger partial charge in [0.05, 0.1) is 12.4 Å². The first-order chi connectivity index (χ1) is 10.1. The molecule has 0 atom stereocenters. The lowest BCUT2D eigenvalue weighted by atomic mass is 10.1. The number of nitrogens with zero attached hydrogens (tertiary/aromatic N) is 2. The molecule has 5 heteroatoms. The number of aryl methyl sites for hydroxylation is 2. The third-order valence-electron chi connectivity index (χ3n) is 2.78. The van der Waals surface area contributed by atoms with Crippen LogP contribution in [0.25, 0.3) is 0 Å². The van der Waals surface area contributed by atoms with E-state index in [1.165, 1.54) is 11.8 Å². The van der Waals surface area contributed by atoms with E-state index >= 15 is 0 Å². The number of Topliss-reactive ketones (excluding diaryl/α,β-unsaturated/α-hetero) is 1. The summed E-state index contributed by atoms with van der Waals surface area (Å²) in [5.74, 6) is 1.17. The van der Waals surface area contributed by atoms with E-state index in [2.05, 4.69) is 9.97 Å². The standard InChI is InChI=1S/C16H18N2O2S/c1-4-20-14-7-5-13(6-8-14)15(19)10-21-16-17-11(2)9-12(3)18-16/h5-9H,4,10H2,1-3H3. The Hall–Kier alpha value is -1.88. The highest BCUT2D eigenvalue weighted by Gasteiger charge is 2.09. The number of carbonyl (C=O) groups is 1. The van der Waals surface area contributed by atoms with Gasteiger partial charge in [-0.2, -0.15) is 0 Å². The number of hydrogen-bond donors (Lipinski definition) is 0. The molecule has 0 amide bonds. The molecule has 0 bridgehead atoms. The molecule has 0 saturated carbocycles. The molecule has 2 aromatic rings. The summed E-state index contributed by atoms with van der Waals surface area (Å²) >= 11 is 1.36. The van der Waals surface area contributed by atoms with Gasteiger partial charge in [-0.3, -0.25) is 4.79 Å². The molecule has 1 aromatic carbocycles. The zero-order valence-electron chi connectivity index (χ0n) is 12.4. The molecule has 0 unspecified atom stereocenters. The summed E-state index contributed by atoms with van der Waals surface area (Å²) in [5.41, 5.74) is 2.51. The second-order valence-electron chi connectivity index (χ2n) is 4.60. The van der Waals surface area contributed by atoms with Crippen LogP contribution < -0.4 is 4.74 Å². The van der Waals surface area contributed by atoms with Crippen molar-refractivity contribution in [1.29, 1.82) is 0 Å². The lowest BCUT2D eigenvalue weighted by Gasteiger charge is -2.05. The van der Waals surface area contributed by atoms with Crippen LogP contribution in [-0.4, -0.2) is 28.1 Å². The van der Waals surface area contributed by atoms with Crippen molar-refractivity contribution in [2.24, 2.45) is 0 Å². The largest absolute Gasteiger partial charge is 0.494 e. The molecule has 0 saturated heterocycles. The molecule has 0 aliphatic carbocycles. The normalized spacial score (nSPS) is 10.4. The van der Waals surface area contributed by atoms with Crippen LogP contribution in [0.2, 0.25) is 0 Å². The maximum absolute atomic E-state index is 12.1. The second kappa shape index (κ2) is 7.22. The molecule has 2 rings (SSSR count). The van der Waals surface area contributed by atoms with E-state index in [1.807, 2.05) is 39.0 Å². The van der Waals surface area contributed by atoms with Crippen LogP contribution in [0.4, 0.5) is 0 Å². The molecule has 1 aromatic heterocycles. The van der Waals surface area contributed by atoms with Crippen LogP contribution >= 0.6 is 11.8 Å². The highest BCUT2D eigenvalue weighted by atomic mass is 32.2. The monoisotopic (exact) mass is 302 g/mol. The molecule has 0 aliphatic rings. The lowest BCUT2D eigenvalue weighted by molar-refractivity contribution is 0.102. The molecule has 21 heavy (non-hydrogen) atoms. The van der Waals surface area contributed by atoms with Crippen LogP contribution in [0.15, 0.2) is 35.5 Å². The number of rotatable bonds is 6. The van der Waals surface area contributed by atoms with E-state index < -0.39 is 0 Å². The summed E-state index contributed by atoms with van der Waals surface area (Å²) in [7, 11) is 0. The maximum Gasteiger partial charge on any atom is 0.188 e. The van der Waals surface area contributed by atoms with Crippen LogP contribution in [0.3, 0.4) is 0 Å². The molecule has 0 fully saturated rings. The number of thioether (sulfide) groups is 1. The minimum absolute atomic E-state index is 0.0609. The Bertz CT molecular complexity index is 606. The Balaban J connectivity index is 1.97. The van der Waals surface area contributed by atoms with Crippen LogP contribution in [-0.2, 0) is 0 Å². The number of ketones is 1. The third kappa shape index (κ3) is 4.56. The summed E-state index contributed by atoms with van der Waals surface area (Å²) in [6.07, 6.45) is 0. The van der Waals surface area contributed by atoms with Crippen LogP contribution in [0, 0.1) is 13.8 Å². The summed E-state index contributed by atoms with van der Waals surface area (Å²) < 4.78 is 5.36. The number of benzene rings is 1. The fourth-order valence-electron chi connectivity index (χ4n) is 1.88. The van der Waals surface area contributed by atoms with E-state index in [9.17, 15) is 4.79 Å². The van der Waals surface area contributed by atoms with Crippen molar-refractivity contribution in [2.45, 2.75) is 25.9 Å². The van der Waals surface area contributed by atoms with E-state index in [-0.39, 0.29) is 5.78 Å². The second-order valence-corrected chi connectivity index (χ2v) is 5.55. The Morgan fingerprint density at radius 2 is 1.76 bits per heavy atom. The number of hydrogen-bond acceptors (Lipinski definition) is 5. The Kier molecular flexibility index (Phi) is 5.33. The van der Waals surface area contributed by atoms with Gasteiger partial charge >= 0.3 is 0 Å². The highest BCUT2D eigenvalue weighted by Crippen LogP contribution is 2.18. The molecule has 0 aliphatic heterocycles. The number of aromatic nitrogens is 2. The highest BCUT2D eigenvalue weighted by molar-refractivity contribution is 7.99. The van der Waals surface area contributed by atoms with Crippen LogP contribution in [0.5, 0.6) is 5.75 Å². The number of ether oxygens (including phenoxy) is 1. The smallest absolute Gasteiger partial charge is 0.188 e. The fourth-order valence-corrected chi connectivity index (χ4v) is 2.72. The van der Waals surface area contributed by atoms with Crippen LogP contribution in [0.1, 0.15) is 28.7 Å². The van der Waals surface area contributed by atoms with Gasteiger partial charge in [-0.25, -0.2) is 9.97 Å². The maximum atomic E-state index is 12.1. The predicted molar refractivity (Wildman–Crippen MR) is 84.2 cm³/mol. The molecular weight excluding hydrogens is 284 g/mol. The molecule has 0 spiro atoms. The van der Waals surface area contributed by atoms with E-state index in [4.69, 9.17) is 4.74 Å². The first-order valence-electron chi connectivity index (χ1n) is 6.79. The average Bonchev–Trinajstić information content (AvgIpc) is 2.45. The van der Waals surface area contributed by atoms with Crippen molar-refractivity contribution in [3.8, 4) is 5.75 Å². The molecule has 0 radical (unpaired) electrons. The van der Waals surface area contributed by atoms with Gasteiger partial charge < -0.3 is 4.74 Å². The van der Waals surface area contributed by atoms with Gasteiger partial charge in [0.2, 0.25) is 0 Å². The minimum atomic E-state index is 0.0609. The summed E-state index contributed by atoms with van der Waals surface area (Å²) in [4.78, 5) is 20.8.